The first-order valence-corrected chi connectivity index (χ1v) is 7.62. The van der Waals surface area contributed by atoms with Crippen molar-refractivity contribution < 1.29 is 0 Å². The van der Waals surface area contributed by atoms with E-state index < -0.39 is 0 Å². The van der Waals surface area contributed by atoms with Crippen LogP contribution in [-0.4, -0.2) is 0 Å². The van der Waals surface area contributed by atoms with Gasteiger partial charge in [0.1, 0.15) is 0 Å². The molecule has 102 valence electrons. The fourth-order valence-corrected chi connectivity index (χ4v) is 3.12. The number of fused-ring (bicyclic) bond motifs is 2. The van der Waals surface area contributed by atoms with Gasteiger partial charge in [-0.05, 0) is 56.6 Å². The van der Waals surface area contributed by atoms with Crippen molar-refractivity contribution in [3.8, 4) is 22.3 Å². The highest BCUT2D eigenvalue weighted by molar-refractivity contribution is 5.89. The van der Waals surface area contributed by atoms with Crippen LogP contribution in [-0.2, 0) is 0 Å². The van der Waals surface area contributed by atoms with Crippen LogP contribution in [0.1, 0.15) is 22.3 Å². The minimum absolute atomic E-state index is 1.27. The molecule has 0 amide bonds. The Bertz CT molecular complexity index is 873. The molecule has 0 radical (unpaired) electrons. The molecule has 0 atom stereocenters. The SMILES string of the molecule is C1=Cc2cc(-c3ccc(-c4ccc5c(c4)C=C5)cc3)ccc21. The standard InChI is InChI=1S/C22H14/c1-2-16(20-10-6-18-8-12-22(18)14-20)4-3-15(1)19-9-5-17-7-11-21(17)13-19/h1-14H. The average molecular weight is 278 g/mol. The Morgan fingerprint density at radius 3 is 1.00 bits per heavy atom. The lowest BCUT2D eigenvalue weighted by Crippen LogP contribution is -1.91. The Hall–Kier alpha value is -2.86. The van der Waals surface area contributed by atoms with E-state index in [1.165, 1.54) is 44.5 Å². The van der Waals surface area contributed by atoms with E-state index in [2.05, 4.69) is 85.0 Å². The number of benzene rings is 3. The third-order valence-corrected chi connectivity index (χ3v) is 4.61. The van der Waals surface area contributed by atoms with E-state index in [1.807, 2.05) is 0 Å². The van der Waals surface area contributed by atoms with Gasteiger partial charge in [0, 0.05) is 0 Å². The summed E-state index contributed by atoms with van der Waals surface area (Å²) in [6, 6.07) is 22.2. The predicted octanol–water partition coefficient (Wildman–Crippen LogP) is 5.99. The molecule has 0 N–H and O–H groups in total. The molecule has 0 heterocycles. The van der Waals surface area contributed by atoms with Crippen LogP contribution in [0.5, 0.6) is 0 Å². The zero-order chi connectivity index (χ0) is 14.5. The molecule has 0 bridgehead atoms. The summed E-state index contributed by atoms with van der Waals surface area (Å²) in [6.07, 6.45) is 8.65. The van der Waals surface area contributed by atoms with E-state index in [0.717, 1.165) is 0 Å². The van der Waals surface area contributed by atoms with E-state index in [0.29, 0.717) is 0 Å². The largest absolute Gasteiger partial charge is 0.0538 e. The molecule has 0 saturated carbocycles. The zero-order valence-corrected chi connectivity index (χ0v) is 12.1. The highest BCUT2D eigenvalue weighted by atomic mass is 14.1. The Balaban J connectivity index is 1.50. The molecule has 0 unspecified atom stereocenters. The summed E-state index contributed by atoms with van der Waals surface area (Å²) in [6.45, 7) is 0. The van der Waals surface area contributed by atoms with Gasteiger partial charge < -0.3 is 0 Å². The molecule has 3 aromatic carbocycles. The smallest absolute Gasteiger partial charge is 0.0178 e. The molecular weight excluding hydrogens is 264 g/mol. The Morgan fingerprint density at radius 1 is 0.318 bits per heavy atom. The molecule has 0 nitrogen and oxygen atoms in total. The second-order valence-electron chi connectivity index (χ2n) is 5.93. The van der Waals surface area contributed by atoms with Gasteiger partial charge in [-0.1, -0.05) is 72.8 Å². The quantitative estimate of drug-likeness (QED) is 0.372. The van der Waals surface area contributed by atoms with E-state index in [-0.39, 0.29) is 0 Å². The predicted molar refractivity (Wildman–Crippen MR) is 95.2 cm³/mol. The maximum Gasteiger partial charge on any atom is -0.0178 e. The lowest BCUT2D eigenvalue weighted by atomic mass is 9.91. The van der Waals surface area contributed by atoms with Crippen LogP contribution in [0.25, 0.3) is 46.6 Å². The first kappa shape index (κ1) is 11.8. The van der Waals surface area contributed by atoms with Gasteiger partial charge in [0.25, 0.3) is 0 Å². The molecule has 0 spiro atoms. The van der Waals surface area contributed by atoms with Gasteiger partial charge in [-0.2, -0.15) is 0 Å². The summed E-state index contributed by atoms with van der Waals surface area (Å²) >= 11 is 0. The topological polar surface area (TPSA) is 0 Å². The van der Waals surface area contributed by atoms with Crippen molar-refractivity contribution in [3.05, 3.63) is 82.9 Å². The van der Waals surface area contributed by atoms with Gasteiger partial charge in [-0.15, -0.1) is 0 Å². The van der Waals surface area contributed by atoms with Crippen LogP contribution in [0.3, 0.4) is 0 Å². The van der Waals surface area contributed by atoms with E-state index in [1.54, 1.807) is 0 Å². The summed E-state index contributed by atoms with van der Waals surface area (Å²) in [7, 11) is 0. The lowest BCUT2D eigenvalue weighted by molar-refractivity contribution is 1.53. The minimum atomic E-state index is 1.27. The molecule has 5 rings (SSSR count). The lowest BCUT2D eigenvalue weighted by Gasteiger charge is -2.14. The van der Waals surface area contributed by atoms with Crippen LogP contribution >= 0.6 is 0 Å². The normalized spacial score (nSPS) is 13.1. The van der Waals surface area contributed by atoms with Crippen LogP contribution < -0.4 is 0 Å². The third kappa shape index (κ3) is 1.71. The van der Waals surface area contributed by atoms with E-state index in [9.17, 15) is 0 Å². The highest BCUT2D eigenvalue weighted by Gasteiger charge is 2.09. The molecule has 2 aliphatic carbocycles. The average Bonchev–Trinajstić information content (AvgIpc) is 2.50. The van der Waals surface area contributed by atoms with Gasteiger partial charge in [0.2, 0.25) is 0 Å². The molecule has 0 saturated heterocycles. The Morgan fingerprint density at radius 2 is 0.682 bits per heavy atom. The molecule has 0 fully saturated rings. The van der Waals surface area contributed by atoms with E-state index in [4.69, 9.17) is 0 Å². The third-order valence-electron chi connectivity index (χ3n) is 4.61. The van der Waals surface area contributed by atoms with Crippen molar-refractivity contribution in [2.45, 2.75) is 0 Å². The highest BCUT2D eigenvalue weighted by Crippen LogP contribution is 2.32. The Kier molecular flexibility index (Phi) is 2.31. The zero-order valence-electron chi connectivity index (χ0n) is 12.1. The van der Waals surface area contributed by atoms with Crippen LogP contribution in [0.2, 0.25) is 0 Å². The summed E-state index contributed by atoms with van der Waals surface area (Å²) in [4.78, 5) is 0. The second-order valence-corrected chi connectivity index (χ2v) is 5.93. The van der Waals surface area contributed by atoms with Gasteiger partial charge in [-0.25, -0.2) is 0 Å². The van der Waals surface area contributed by atoms with Gasteiger partial charge in [0.15, 0.2) is 0 Å². The molecular formula is C22H14. The number of rotatable bonds is 2. The van der Waals surface area contributed by atoms with Crippen molar-refractivity contribution in [3.63, 3.8) is 0 Å². The maximum atomic E-state index is 2.26. The molecule has 0 heteroatoms. The van der Waals surface area contributed by atoms with Gasteiger partial charge in [0.05, 0.1) is 0 Å². The summed E-state index contributed by atoms with van der Waals surface area (Å²) in [5.41, 5.74) is 10.5. The van der Waals surface area contributed by atoms with Crippen LogP contribution in [0.4, 0.5) is 0 Å². The van der Waals surface area contributed by atoms with E-state index >= 15 is 0 Å². The second kappa shape index (κ2) is 4.32. The van der Waals surface area contributed by atoms with Gasteiger partial charge in [-0.3, -0.25) is 0 Å². The van der Waals surface area contributed by atoms with Gasteiger partial charge >= 0.3 is 0 Å². The van der Waals surface area contributed by atoms with Crippen molar-refractivity contribution in [1.82, 2.24) is 0 Å². The summed E-state index contributed by atoms with van der Waals surface area (Å²) < 4.78 is 0. The van der Waals surface area contributed by atoms with Crippen LogP contribution in [0.15, 0.2) is 60.7 Å². The first-order chi connectivity index (χ1) is 10.9. The fraction of sp³-hybridized carbons (Fsp3) is 0. The maximum absolute atomic E-state index is 2.26. The minimum Gasteiger partial charge on any atom is -0.0538 e. The van der Waals surface area contributed by atoms with Crippen molar-refractivity contribution in [2.24, 2.45) is 0 Å². The molecule has 2 aliphatic rings. The molecule has 22 heavy (non-hydrogen) atoms. The Labute approximate surface area is 130 Å². The summed E-state index contributed by atoms with van der Waals surface area (Å²) in [5.74, 6) is 0. The molecule has 3 aromatic rings. The number of hydrogen-bond acceptors (Lipinski definition) is 0. The first-order valence-electron chi connectivity index (χ1n) is 7.62. The monoisotopic (exact) mass is 278 g/mol. The van der Waals surface area contributed by atoms with Crippen LogP contribution in [0, 0.1) is 0 Å². The molecule has 0 aliphatic heterocycles. The van der Waals surface area contributed by atoms with Crippen molar-refractivity contribution in [2.75, 3.05) is 0 Å². The van der Waals surface area contributed by atoms with Crippen molar-refractivity contribution >= 4 is 24.3 Å². The number of hydrogen-bond donors (Lipinski definition) is 0. The summed E-state index contributed by atoms with van der Waals surface area (Å²) in [5, 5.41) is 0. The molecule has 0 aromatic heterocycles. The fourth-order valence-electron chi connectivity index (χ4n) is 3.12. The van der Waals surface area contributed by atoms with Crippen molar-refractivity contribution in [1.29, 1.82) is 0 Å².